The van der Waals surface area contributed by atoms with Gasteiger partial charge in [-0.3, -0.25) is 0 Å². The molecule has 0 amide bonds. The third-order valence-corrected chi connectivity index (χ3v) is 8.07. The van der Waals surface area contributed by atoms with Crippen LogP contribution < -0.4 is 0 Å². The third kappa shape index (κ3) is 1.25. The summed E-state index contributed by atoms with van der Waals surface area (Å²) in [6.07, 6.45) is 1.88. The maximum absolute atomic E-state index is 10.9. The van der Waals surface area contributed by atoms with Crippen LogP contribution in [0.5, 0.6) is 0 Å². The minimum Gasteiger partial charge on any atom is -0.388 e. The smallest absolute Gasteiger partial charge is 0.0894 e. The fourth-order valence-electron chi connectivity index (χ4n) is 6.81. The van der Waals surface area contributed by atoms with E-state index in [0.29, 0.717) is 5.92 Å². The van der Waals surface area contributed by atoms with E-state index in [-0.39, 0.29) is 22.2 Å². The molecular weight excluding hydrogens is 360 g/mol. The molecule has 24 heavy (non-hydrogen) atoms. The molecule has 0 radical (unpaired) electrons. The van der Waals surface area contributed by atoms with Crippen molar-refractivity contribution in [2.24, 2.45) is 17.3 Å². The number of hydrogen-bond donors (Lipinski definition) is 1. The molecule has 2 aromatic rings. The summed E-state index contributed by atoms with van der Waals surface area (Å²) in [5.74, 6) is 0.643. The molecule has 0 heterocycles. The van der Waals surface area contributed by atoms with Gasteiger partial charge in [-0.05, 0) is 22.5 Å². The number of hydrogen-bond acceptors (Lipinski definition) is 1. The van der Waals surface area contributed by atoms with Gasteiger partial charge in [0.1, 0.15) is 0 Å². The third-order valence-electron chi connectivity index (χ3n) is 7.34. The van der Waals surface area contributed by atoms with Crippen molar-refractivity contribution in [3.8, 4) is 0 Å². The second-order valence-electron chi connectivity index (χ2n) is 8.02. The molecule has 2 saturated carbocycles. The van der Waals surface area contributed by atoms with E-state index < -0.39 is 6.10 Å². The lowest BCUT2D eigenvalue weighted by Crippen LogP contribution is -2.53. The molecule has 2 fully saturated rings. The molecule has 0 bridgehead atoms. The molecule has 1 N–H and O–H groups in total. The van der Waals surface area contributed by atoms with Crippen molar-refractivity contribution in [2.75, 3.05) is 0 Å². The van der Waals surface area contributed by atoms with Crippen LogP contribution in [0.25, 0.3) is 0 Å². The van der Waals surface area contributed by atoms with E-state index >= 15 is 0 Å². The number of rotatable bonds is 2. The average molecular weight is 381 g/mol. The Bertz CT molecular complexity index is 841. The zero-order valence-corrected chi connectivity index (χ0v) is 15.5. The predicted octanol–water partition coefficient (Wildman–Crippen LogP) is 4.80. The van der Waals surface area contributed by atoms with Gasteiger partial charge < -0.3 is 5.11 Å². The van der Waals surface area contributed by atoms with Gasteiger partial charge in [0, 0.05) is 21.2 Å². The van der Waals surface area contributed by atoms with Gasteiger partial charge in [-0.25, -0.2) is 0 Å². The molecule has 3 aliphatic rings. The van der Waals surface area contributed by atoms with Crippen molar-refractivity contribution < 1.29 is 5.11 Å². The van der Waals surface area contributed by atoms with Crippen LogP contribution in [0.4, 0.5) is 0 Å². The van der Waals surface area contributed by atoms with E-state index in [4.69, 9.17) is 0 Å². The minimum atomic E-state index is -0.395. The first-order valence-electron chi connectivity index (χ1n) is 8.67. The lowest BCUT2D eigenvalue weighted by Gasteiger charge is -2.49. The summed E-state index contributed by atoms with van der Waals surface area (Å²) in [4.78, 5) is 0. The van der Waals surface area contributed by atoms with Gasteiger partial charge in [-0.2, -0.15) is 0 Å². The second kappa shape index (κ2) is 4.42. The number of benzene rings is 2. The number of aliphatic hydroxyl groups is 1. The second-order valence-corrected chi connectivity index (χ2v) is 8.94. The highest BCUT2D eigenvalue weighted by atomic mass is 79.9. The summed E-state index contributed by atoms with van der Waals surface area (Å²) in [7, 11) is 0. The lowest BCUT2D eigenvalue weighted by molar-refractivity contribution is 0.0334. The van der Waals surface area contributed by atoms with Crippen molar-refractivity contribution in [1.29, 1.82) is 0 Å². The first kappa shape index (κ1) is 14.9. The van der Waals surface area contributed by atoms with Gasteiger partial charge in [0.25, 0.3) is 0 Å². The van der Waals surface area contributed by atoms with E-state index in [1.54, 1.807) is 0 Å². The van der Waals surface area contributed by atoms with Crippen LogP contribution in [0.2, 0.25) is 0 Å². The normalized spacial score (nSPS) is 41.0. The lowest BCUT2D eigenvalue weighted by atomic mass is 9.53. The summed E-state index contributed by atoms with van der Waals surface area (Å²) in [6.45, 7) is 4.78. The Morgan fingerprint density at radius 1 is 0.833 bits per heavy atom. The molecule has 5 atom stereocenters. The van der Waals surface area contributed by atoms with Gasteiger partial charge in [-0.1, -0.05) is 96.5 Å². The van der Waals surface area contributed by atoms with Crippen molar-refractivity contribution in [2.45, 2.75) is 30.8 Å². The van der Waals surface area contributed by atoms with E-state index in [9.17, 15) is 5.11 Å². The summed E-state index contributed by atoms with van der Waals surface area (Å²) in [6, 6.07) is 21.8. The summed E-state index contributed by atoms with van der Waals surface area (Å²) in [5.41, 5.74) is 2.96. The largest absolute Gasteiger partial charge is 0.388 e. The fraction of sp³-hybridized carbons (Fsp3) is 0.364. The topological polar surface area (TPSA) is 20.2 Å². The predicted molar refractivity (Wildman–Crippen MR) is 100 cm³/mol. The molecule has 1 nitrogen and oxygen atoms in total. The van der Waals surface area contributed by atoms with Crippen molar-refractivity contribution in [3.63, 3.8) is 0 Å². The van der Waals surface area contributed by atoms with Gasteiger partial charge in [0.2, 0.25) is 0 Å². The number of aliphatic hydroxyl groups excluding tert-OH is 1. The maximum Gasteiger partial charge on any atom is 0.0894 e. The van der Waals surface area contributed by atoms with Crippen LogP contribution in [-0.4, -0.2) is 11.2 Å². The number of allylic oxidation sites excluding steroid dienone is 1. The molecule has 0 aromatic heterocycles. The Balaban J connectivity index is 1.79. The SMILES string of the molecule is CC1(C)[C@]2(c3ccccc3)[C@H]3[C@@H](O)C(Br)=C[C@@H]3[C@@]12c1ccccc1. The van der Waals surface area contributed by atoms with E-state index in [1.807, 2.05) is 0 Å². The zero-order valence-electron chi connectivity index (χ0n) is 13.9. The standard InChI is InChI=1S/C22H21BrO/c1-20(2)21(14-9-5-3-6-10-14)16-13-17(23)19(24)18(16)22(20,21)15-11-7-4-8-12-15/h3-13,16,18-19,24H,1-2H3/t16-,18+,19-,21-,22-/m0/s1. The summed E-state index contributed by atoms with van der Waals surface area (Å²) < 4.78 is 0.964. The van der Waals surface area contributed by atoms with Gasteiger partial charge in [-0.15, -0.1) is 0 Å². The Morgan fingerprint density at radius 2 is 1.33 bits per heavy atom. The Kier molecular flexibility index (Phi) is 2.75. The molecule has 2 aromatic carbocycles. The van der Waals surface area contributed by atoms with Gasteiger partial charge in [0.05, 0.1) is 6.10 Å². The minimum absolute atomic E-state index is 0.00127. The van der Waals surface area contributed by atoms with Crippen LogP contribution in [-0.2, 0) is 10.8 Å². The van der Waals surface area contributed by atoms with Crippen molar-refractivity contribution in [3.05, 3.63) is 82.3 Å². The van der Waals surface area contributed by atoms with Crippen molar-refractivity contribution in [1.82, 2.24) is 0 Å². The van der Waals surface area contributed by atoms with Gasteiger partial charge in [0.15, 0.2) is 0 Å². The highest BCUT2D eigenvalue weighted by Gasteiger charge is 2.96. The molecule has 0 saturated heterocycles. The molecular formula is C22H21BrO. The molecule has 0 aliphatic heterocycles. The van der Waals surface area contributed by atoms with Crippen LogP contribution >= 0.6 is 15.9 Å². The first-order chi connectivity index (χ1) is 11.5. The zero-order chi connectivity index (χ0) is 16.7. The molecule has 3 aliphatic carbocycles. The number of halogens is 1. The maximum atomic E-state index is 10.9. The summed E-state index contributed by atoms with van der Waals surface area (Å²) >= 11 is 3.61. The molecule has 5 rings (SSSR count). The molecule has 0 unspecified atom stereocenters. The average Bonchev–Trinajstić information content (AvgIpc) is 2.83. The molecule has 0 spiro atoms. The number of fused-ring (bicyclic) bond motifs is 4. The van der Waals surface area contributed by atoms with Crippen LogP contribution in [0.15, 0.2) is 71.2 Å². The highest BCUT2D eigenvalue weighted by Crippen LogP contribution is 2.94. The Morgan fingerprint density at radius 3 is 1.88 bits per heavy atom. The van der Waals surface area contributed by atoms with E-state index in [2.05, 4.69) is 96.5 Å². The monoisotopic (exact) mass is 380 g/mol. The van der Waals surface area contributed by atoms with E-state index in [1.165, 1.54) is 11.1 Å². The van der Waals surface area contributed by atoms with Crippen LogP contribution in [0.1, 0.15) is 25.0 Å². The van der Waals surface area contributed by atoms with Crippen LogP contribution in [0.3, 0.4) is 0 Å². The van der Waals surface area contributed by atoms with Crippen LogP contribution in [0, 0.1) is 17.3 Å². The Labute approximate surface area is 151 Å². The summed E-state index contributed by atoms with van der Waals surface area (Å²) in [5, 5.41) is 10.9. The Hall–Kier alpha value is -1.38. The first-order valence-corrected chi connectivity index (χ1v) is 9.47. The van der Waals surface area contributed by atoms with Gasteiger partial charge >= 0.3 is 0 Å². The molecule has 2 heteroatoms. The van der Waals surface area contributed by atoms with Crippen molar-refractivity contribution >= 4 is 15.9 Å². The fourth-order valence-corrected chi connectivity index (χ4v) is 7.38. The quantitative estimate of drug-likeness (QED) is 0.792. The molecule has 122 valence electrons. The van der Waals surface area contributed by atoms with E-state index in [0.717, 1.165) is 4.48 Å². The highest BCUT2D eigenvalue weighted by molar-refractivity contribution is 9.11.